The molecule has 0 saturated heterocycles. The van der Waals surface area contributed by atoms with Crippen LogP contribution in [0.25, 0.3) is 10.9 Å². The van der Waals surface area contributed by atoms with E-state index in [1.165, 1.54) is 0 Å². The van der Waals surface area contributed by atoms with Crippen molar-refractivity contribution in [2.24, 2.45) is 0 Å². The first kappa shape index (κ1) is 11.3. The summed E-state index contributed by atoms with van der Waals surface area (Å²) >= 11 is 0. The summed E-state index contributed by atoms with van der Waals surface area (Å²) in [7, 11) is 0. The van der Waals surface area contributed by atoms with Crippen molar-refractivity contribution in [3.05, 3.63) is 48.7 Å². The van der Waals surface area contributed by atoms with Gasteiger partial charge >= 0.3 is 0 Å². The summed E-state index contributed by atoms with van der Waals surface area (Å²) in [6, 6.07) is 12.9. The maximum absolute atomic E-state index is 5.64. The van der Waals surface area contributed by atoms with E-state index in [2.05, 4.69) is 9.97 Å². The van der Waals surface area contributed by atoms with Crippen LogP contribution in [0.1, 0.15) is 0 Å². The minimum Gasteiger partial charge on any atom is -0.439 e. The second kappa shape index (κ2) is 4.45. The number of hydrogen-bond donors (Lipinski definition) is 2. The van der Waals surface area contributed by atoms with E-state index < -0.39 is 0 Å². The summed E-state index contributed by atoms with van der Waals surface area (Å²) in [5, 5.41) is 1.06. The Morgan fingerprint density at radius 3 is 2.74 bits per heavy atom. The molecule has 5 nitrogen and oxygen atoms in total. The summed E-state index contributed by atoms with van der Waals surface area (Å²) < 4.78 is 5.64. The van der Waals surface area contributed by atoms with Crippen LogP contribution in [-0.2, 0) is 0 Å². The molecule has 0 spiro atoms. The van der Waals surface area contributed by atoms with Crippen LogP contribution in [0.15, 0.2) is 48.7 Å². The highest BCUT2D eigenvalue weighted by atomic mass is 16.5. The summed E-state index contributed by atoms with van der Waals surface area (Å²) in [6.45, 7) is 0. The Balaban J connectivity index is 1.94. The highest BCUT2D eigenvalue weighted by Crippen LogP contribution is 2.25. The van der Waals surface area contributed by atoms with Gasteiger partial charge in [-0.3, -0.25) is 4.98 Å². The maximum atomic E-state index is 5.64. The average Bonchev–Trinajstić information content (AvgIpc) is 2.43. The predicted octanol–water partition coefficient (Wildman–Crippen LogP) is 2.59. The van der Waals surface area contributed by atoms with Crippen LogP contribution in [0.4, 0.5) is 11.5 Å². The summed E-state index contributed by atoms with van der Waals surface area (Å²) in [5.74, 6) is 1.32. The number of nitrogens with zero attached hydrogens (tertiary/aromatic N) is 2. The number of pyridine rings is 2. The highest BCUT2D eigenvalue weighted by Gasteiger charge is 2.03. The van der Waals surface area contributed by atoms with E-state index in [0.29, 0.717) is 17.3 Å². The molecule has 4 N–H and O–H groups in total. The fraction of sp³-hybridized carbons (Fsp3) is 0. The largest absolute Gasteiger partial charge is 0.439 e. The fourth-order valence-corrected chi connectivity index (χ4v) is 1.75. The van der Waals surface area contributed by atoms with Crippen molar-refractivity contribution < 1.29 is 4.74 Å². The molecule has 0 bridgehead atoms. The molecule has 0 amide bonds. The number of aromatic nitrogens is 2. The molecule has 19 heavy (non-hydrogen) atoms. The summed E-state index contributed by atoms with van der Waals surface area (Å²) in [6.07, 6.45) is 1.74. The standard InChI is InChI=1S/C14H12N4O/c15-11-5-6-13(18-14(11)16)19-10-4-3-9-2-1-7-17-12(9)8-10/h1-8H,15H2,(H2,16,18). The van der Waals surface area contributed by atoms with Crippen molar-refractivity contribution in [3.8, 4) is 11.6 Å². The zero-order valence-electron chi connectivity index (χ0n) is 10.1. The number of rotatable bonds is 2. The molecule has 0 fully saturated rings. The SMILES string of the molecule is Nc1ccc(Oc2ccc3cccnc3c2)nc1N. The van der Waals surface area contributed by atoms with Gasteiger partial charge in [-0.05, 0) is 24.3 Å². The van der Waals surface area contributed by atoms with Crippen molar-refractivity contribution >= 4 is 22.4 Å². The van der Waals surface area contributed by atoms with Crippen molar-refractivity contribution in [2.45, 2.75) is 0 Å². The minimum absolute atomic E-state index is 0.261. The van der Waals surface area contributed by atoms with Gasteiger partial charge in [-0.25, -0.2) is 0 Å². The third-order valence-corrected chi connectivity index (χ3v) is 2.73. The smallest absolute Gasteiger partial charge is 0.221 e. The molecule has 94 valence electrons. The van der Waals surface area contributed by atoms with Gasteiger partial charge < -0.3 is 16.2 Å². The van der Waals surface area contributed by atoms with E-state index in [4.69, 9.17) is 16.2 Å². The van der Waals surface area contributed by atoms with Gasteiger partial charge in [0.05, 0.1) is 11.2 Å². The van der Waals surface area contributed by atoms with E-state index >= 15 is 0 Å². The highest BCUT2D eigenvalue weighted by molar-refractivity contribution is 5.79. The monoisotopic (exact) mass is 252 g/mol. The van der Waals surface area contributed by atoms with Crippen LogP contribution < -0.4 is 16.2 Å². The van der Waals surface area contributed by atoms with Gasteiger partial charge in [0.15, 0.2) is 5.82 Å². The number of fused-ring (bicyclic) bond motifs is 1. The normalized spacial score (nSPS) is 10.5. The average molecular weight is 252 g/mol. The fourth-order valence-electron chi connectivity index (χ4n) is 1.75. The minimum atomic E-state index is 0.261. The van der Waals surface area contributed by atoms with E-state index in [9.17, 15) is 0 Å². The molecule has 0 aliphatic heterocycles. The van der Waals surface area contributed by atoms with E-state index in [1.54, 1.807) is 18.3 Å². The van der Waals surface area contributed by atoms with Gasteiger partial charge in [-0.2, -0.15) is 4.98 Å². The molecule has 1 aromatic carbocycles. The van der Waals surface area contributed by atoms with Crippen LogP contribution in [0, 0.1) is 0 Å². The van der Waals surface area contributed by atoms with Crippen LogP contribution >= 0.6 is 0 Å². The molecular weight excluding hydrogens is 240 g/mol. The molecule has 3 aromatic rings. The zero-order chi connectivity index (χ0) is 13.2. The molecule has 5 heteroatoms. The molecule has 0 aliphatic rings. The van der Waals surface area contributed by atoms with E-state index in [1.807, 2.05) is 30.3 Å². The first-order chi connectivity index (χ1) is 9.22. The Morgan fingerprint density at radius 1 is 1.00 bits per heavy atom. The topological polar surface area (TPSA) is 87.0 Å². The van der Waals surface area contributed by atoms with Crippen molar-refractivity contribution in [1.29, 1.82) is 0 Å². The lowest BCUT2D eigenvalue weighted by atomic mass is 10.2. The number of nitrogen functional groups attached to an aromatic ring is 2. The molecule has 0 aliphatic carbocycles. The van der Waals surface area contributed by atoms with Crippen LogP contribution in [0.3, 0.4) is 0 Å². The number of ether oxygens (including phenoxy) is 1. The molecule has 2 aromatic heterocycles. The zero-order valence-corrected chi connectivity index (χ0v) is 10.1. The number of anilines is 2. The third kappa shape index (κ3) is 2.26. The second-order valence-electron chi connectivity index (χ2n) is 4.08. The Hall–Kier alpha value is -2.82. The number of benzene rings is 1. The first-order valence-electron chi connectivity index (χ1n) is 5.77. The van der Waals surface area contributed by atoms with Gasteiger partial charge in [0.1, 0.15) is 5.75 Å². The van der Waals surface area contributed by atoms with Gasteiger partial charge in [-0.15, -0.1) is 0 Å². The van der Waals surface area contributed by atoms with E-state index in [0.717, 1.165) is 10.9 Å². The van der Waals surface area contributed by atoms with Crippen molar-refractivity contribution in [2.75, 3.05) is 11.5 Å². The van der Waals surface area contributed by atoms with Crippen molar-refractivity contribution in [1.82, 2.24) is 9.97 Å². The van der Waals surface area contributed by atoms with E-state index in [-0.39, 0.29) is 5.82 Å². The van der Waals surface area contributed by atoms with Crippen molar-refractivity contribution in [3.63, 3.8) is 0 Å². The predicted molar refractivity (Wildman–Crippen MR) is 74.9 cm³/mol. The van der Waals surface area contributed by atoms with Gasteiger partial charge in [0.2, 0.25) is 5.88 Å². The maximum Gasteiger partial charge on any atom is 0.221 e. The van der Waals surface area contributed by atoms with Crippen LogP contribution in [-0.4, -0.2) is 9.97 Å². The summed E-state index contributed by atoms with van der Waals surface area (Å²) in [5.41, 5.74) is 12.5. The lowest BCUT2D eigenvalue weighted by Crippen LogP contribution is -1.98. The Labute approximate surface area is 109 Å². The van der Waals surface area contributed by atoms with Gasteiger partial charge in [0, 0.05) is 23.7 Å². The molecule has 3 rings (SSSR count). The molecule has 2 heterocycles. The Kier molecular flexibility index (Phi) is 2.64. The lowest BCUT2D eigenvalue weighted by molar-refractivity contribution is 0.464. The molecule has 0 radical (unpaired) electrons. The van der Waals surface area contributed by atoms with Crippen LogP contribution in [0.5, 0.6) is 11.6 Å². The Bertz CT molecular complexity index is 742. The molecule has 0 atom stereocenters. The molecule has 0 saturated carbocycles. The summed E-state index contributed by atoms with van der Waals surface area (Å²) in [4.78, 5) is 8.33. The second-order valence-corrected chi connectivity index (χ2v) is 4.08. The van der Waals surface area contributed by atoms with Gasteiger partial charge in [-0.1, -0.05) is 6.07 Å². The van der Waals surface area contributed by atoms with Gasteiger partial charge in [0.25, 0.3) is 0 Å². The molecule has 0 unspecified atom stereocenters. The third-order valence-electron chi connectivity index (χ3n) is 2.73. The van der Waals surface area contributed by atoms with Crippen LogP contribution in [0.2, 0.25) is 0 Å². The number of hydrogen-bond acceptors (Lipinski definition) is 5. The first-order valence-corrected chi connectivity index (χ1v) is 5.77. The number of nitrogens with two attached hydrogens (primary N) is 2. The molecular formula is C14H12N4O. The Morgan fingerprint density at radius 2 is 1.89 bits per heavy atom. The lowest BCUT2D eigenvalue weighted by Gasteiger charge is -2.07. The quantitative estimate of drug-likeness (QED) is 0.732.